The van der Waals surface area contributed by atoms with Gasteiger partial charge in [0.25, 0.3) is 0 Å². The Kier molecular flexibility index (Phi) is 2.62. The summed E-state index contributed by atoms with van der Waals surface area (Å²) >= 11 is 0. The number of benzene rings is 1. The molecule has 2 rings (SSSR count). The van der Waals surface area contributed by atoms with Gasteiger partial charge in [0.05, 0.1) is 0 Å². The molecule has 0 aromatic heterocycles. The molecule has 0 aliphatic carbocycles. The van der Waals surface area contributed by atoms with E-state index in [4.69, 9.17) is 5.73 Å². The molecule has 0 fully saturated rings. The molecular formula is C11H16N2. The van der Waals surface area contributed by atoms with E-state index in [1.54, 1.807) is 0 Å². The van der Waals surface area contributed by atoms with Crippen molar-refractivity contribution in [2.45, 2.75) is 19.4 Å². The van der Waals surface area contributed by atoms with Crippen LogP contribution in [0.3, 0.4) is 0 Å². The van der Waals surface area contributed by atoms with Gasteiger partial charge >= 0.3 is 0 Å². The molecular weight excluding hydrogens is 160 g/mol. The number of hydrogen-bond acceptors (Lipinski definition) is 2. The van der Waals surface area contributed by atoms with Gasteiger partial charge in [-0.3, -0.25) is 0 Å². The molecule has 0 atom stereocenters. The summed E-state index contributed by atoms with van der Waals surface area (Å²) in [5.74, 6) is 0. The summed E-state index contributed by atoms with van der Waals surface area (Å²) in [6.45, 7) is 2.88. The van der Waals surface area contributed by atoms with E-state index in [1.165, 1.54) is 16.7 Å². The molecule has 1 aliphatic heterocycles. The summed E-state index contributed by atoms with van der Waals surface area (Å²) in [5, 5.41) is 3.38. The SMILES string of the molecule is NCCc1cccc2c1CCNC2. The van der Waals surface area contributed by atoms with E-state index in [2.05, 4.69) is 23.5 Å². The number of fused-ring (bicyclic) bond motifs is 1. The first kappa shape index (κ1) is 8.73. The van der Waals surface area contributed by atoms with Crippen molar-refractivity contribution in [3.63, 3.8) is 0 Å². The molecule has 0 radical (unpaired) electrons. The smallest absolute Gasteiger partial charge is 0.0208 e. The number of nitrogens with two attached hydrogens (primary N) is 1. The highest BCUT2D eigenvalue weighted by molar-refractivity contribution is 5.37. The third kappa shape index (κ3) is 1.74. The molecule has 0 amide bonds. The van der Waals surface area contributed by atoms with Crippen molar-refractivity contribution in [3.05, 3.63) is 34.9 Å². The first-order chi connectivity index (χ1) is 6.42. The second-order valence-electron chi connectivity index (χ2n) is 3.52. The van der Waals surface area contributed by atoms with Crippen LogP contribution in [0.1, 0.15) is 16.7 Å². The van der Waals surface area contributed by atoms with Gasteiger partial charge in [0.15, 0.2) is 0 Å². The first-order valence-corrected chi connectivity index (χ1v) is 4.92. The Morgan fingerprint density at radius 1 is 1.38 bits per heavy atom. The Morgan fingerprint density at radius 3 is 3.15 bits per heavy atom. The van der Waals surface area contributed by atoms with E-state index in [-0.39, 0.29) is 0 Å². The Morgan fingerprint density at radius 2 is 2.31 bits per heavy atom. The lowest BCUT2D eigenvalue weighted by atomic mass is 9.94. The maximum absolute atomic E-state index is 5.58. The highest BCUT2D eigenvalue weighted by Gasteiger charge is 2.10. The summed E-state index contributed by atoms with van der Waals surface area (Å²) in [5.41, 5.74) is 10.0. The Balaban J connectivity index is 2.34. The normalized spacial score (nSPS) is 15.5. The number of rotatable bonds is 2. The van der Waals surface area contributed by atoms with Gasteiger partial charge in [-0.25, -0.2) is 0 Å². The van der Waals surface area contributed by atoms with Crippen molar-refractivity contribution in [2.24, 2.45) is 5.73 Å². The van der Waals surface area contributed by atoms with Crippen LogP contribution in [-0.2, 0) is 19.4 Å². The zero-order valence-electron chi connectivity index (χ0n) is 7.84. The van der Waals surface area contributed by atoms with Crippen molar-refractivity contribution in [1.82, 2.24) is 5.32 Å². The minimum atomic E-state index is 0.754. The summed E-state index contributed by atoms with van der Waals surface area (Å²) in [4.78, 5) is 0. The van der Waals surface area contributed by atoms with Gasteiger partial charge in [0.2, 0.25) is 0 Å². The summed E-state index contributed by atoms with van der Waals surface area (Å²) < 4.78 is 0. The molecule has 1 heterocycles. The van der Waals surface area contributed by atoms with E-state index in [1.807, 2.05) is 0 Å². The molecule has 2 nitrogen and oxygen atoms in total. The van der Waals surface area contributed by atoms with Crippen LogP contribution >= 0.6 is 0 Å². The fourth-order valence-corrected chi connectivity index (χ4v) is 2.00. The molecule has 0 saturated heterocycles. The number of nitrogens with one attached hydrogen (secondary N) is 1. The molecule has 0 unspecified atom stereocenters. The van der Waals surface area contributed by atoms with Crippen LogP contribution in [0, 0.1) is 0 Å². The van der Waals surface area contributed by atoms with E-state index < -0.39 is 0 Å². The molecule has 1 aliphatic rings. The standard InChI is InChI=1S/C11H16N2/c12-6-4-9-2-1-3-10-8-13-7-5-11(9)10/h1-3,13H,4-8,12H2. The summed E-state index contributed by atoms with van der Waals surface area (Å²) in [7, 11) is 0. The molecule has 0 spiro atoms. The van der Waals surface area contributed by atoms with Crippen molar-refractivity contribution < 1.29 is 0 Å². The minimum Gasteiger partial charge on any atom is -0.330 e. The second-order valence-corrected chi connectivity index (χ2v) is 3.52. The average Bonchev–Trinajstić information content (AvgIpc) is 2.19. The van der Waals surface area contributed by atoms with Gasteiger partial charge in [-0.1, -0.05) is 18.2 Å². The third-order valence-electron chi connectivity index (χ3n) is 2.65. The lowest BCUT2D eigenvalue weighted by Gasteiger charge is -2.19. The maximum atomic E-state index is 5.58. The van der Waals surface area contributed by atoms with E-state index in [9.17, 15) is 0 Å². The zero-order chi connectivity index (χ0) is 9.10. The molecule has 0 saturated carbocycles. The number of hydrogen-bond donors (Lipinski definition) is 2. The molecule has 2 heteroatoms. The maximum Gasteiger partial charge on any atom is 0.0208 e. The van der Waals surface area contributed by atoms with Gasteiger partial charge < -0.3 is 11.1 Å². The predicted octanol–water partition coefficient (Wildman–Crippen LogP) is 0.833. The van der Waals surface area contributed by atoms with Crippen LogP contribution in [0.4, 0.5) is 0 Å². The highest BCUT2D eigenvalue weighted by Crippen LogP contribution is 2.18. The highest BCUT2D eigenvalue weighted by atomic mass is 14.9. The van der Waals surface area contributed by atoms with Gasteiger partial charge in [-0.05, 0) is 42.6 Å². The second kappa shape index (κ2) is 3.90. The molecule has 0 bridgehead atoms. The third-order valence-corrected chi connectivity index (χ3v) is 2.65. The van der Waals surface area contributed by atoms with Crippen molar-refractivity contribution in [1.29, 1.82) is 0 Å². The topological polar surface area (TPSA) is 38.0 Å². The van der Waals surface area contributed by atoms with Crippen LogP contribution in [0.5, 0.6) is 0 Å². The largest absolute Gasteiger partial charge is 0.330 e. The fourth-order valence-electron chi connectivity index (χ4n) is 2.00. The first-order valence-electron chi connectivity index (χ1n) is 4.92. The van der Waals surface area contributed by atoms with E-state index in [0.29, 0.717) is 0 Å². The predicted molar refractivity (Wildman–Crippen MR) is 54.6 cm³/mol. The van der Waals surface area contributed by atoms with Gasteiger partial charge in [-0.2, -0.15) is 0 Å². The van der Waals surface area contributed by atoms with Gasteiger partial charge in [0.1, 0.15) is 0 Å². The van der Waals surface area contributed by atoms with Crippen molar-refractivity contribution in [3.8, 4) is 0 Å². The van der Waals surface area contributed by atoms with Crippen LogP contribution < -0.4 is 11.1 Å². The van der Waals surface area contributed by atoms with E-state index in [0.717, 1.165) is 32.5 Å². The van der Waals surface area contributed by atoms with Crippen LogP contribution in [0.15, 0.2) is 18.2 Å². The van der Waals surface area contributed by atoms with Crippen LogP contribution in [-0.4, -0.2) is 13.1 Å². The Bertz CT molecular complexity index is 294. The summed E-state index contributed by atoms with van der Waals surface area (Å²) in [6.07, 6.45) is 2.18. The van der Waals surface area contributed by atoms with Gasteiger partial charge in [0, 0.05) is 6.54 Å². The van der Waals surface area contributed by atoms with Crippen molar-refractivity contribution >= 4 is 0 Å². The lowest BCUT2D eigenvalue weighted by Crippen LogP contribution is -2.25. The molecule has 1 aromatic rings. The molecule has 1 aromatic carbocycles. The molecule has 3 N–H and O–H groups in total. The summed E-state index contributed by atoms with van der Waals surface area (Å²) in [6, 6.07) is 6.55. The molecule has 13 heavy (non-hydrogen) atoms. The Hall–Kier alpha value is -0.860. The van der Waals surface area contributed by atoms with Crippen LogP contribution in [0.2, 0.25) is 0 Å². The van der Waals surface area contributed by atoms with E-state index >= 15 is 0 Å². The quantitative estimate of drug-likeness (QED) is 0.700. The van der Waals surface area contributed by atoms with Crippen LogP contribution in [0.25, 0.3) is 0 Å². The fraction of sp³-hybridized carbons (Fsp3) is 0.455. The monoisotopic (exact) mass is 176 g/mol. The van der Waals surface area contributed by atoms with Gasteiger partial charge in [-0.15, -0.1) is 0 Å². The Labute approximate surface area is 79.1 Å². The van der Waals surface area contributed by atoms with Crippen molar-refractivity contribution in [2.75, 3.05) is 13.1 Å². The minimum absolute atomic E-state index is 0.754. The average molecular weight is 176 g/mol. The zero-order valence-corrected chi connectivity index (χ0v) is 7.84. The molecule has 70 valence electrons. The lowest BCUT2D eigenvalue weighted by molar-refractivity contribution is 0.638.